The van der Waals surface area contributed by atoms with Crippen LogP contribution < -0.4 is 21.7 Å². The molecule has 11 heteroatoms. The number of carbonyl (C=O) groups excluding carboxylic acids is 2. The molecule has 0 saturated carbocycles. The van der Waals surface area contributed by atoms with Crippen molar-refractivity contribution in [1.29, 1.82) is 0 Å². The van der Waals surface area contributed by atoms with Crippen LogP contribution in [0.15, 0.2) is 48.5 Å². The molecular weight excluding hydrogens is 534 g/mol. The summed E-state index contributed by atoms with van der Waals surface area (Å²) in [4.78, 5) is 39.3. The Kier molecular flexibility index (Phi) is 8.49. The second-order valence-electron chi connectivity index (χ2n) is 11.7. The van der Waals surface area contributed by atoms with Crippen molar-refractivity contribution in [2.24, 2.45) is 5.92 Å². The van der Waals surface area contributed by atoms with Gasteiger partial charge in [-0.25, -0.2) is 14.8 Å². The molecule has 2 saturated heterocycles. The van der Waals surface area contributed by atoms with E-state index in [0.717, 1.165) is 17.8 Å². The number of benzene rings is 2. The molecule has 3 heterocycles. The number of nitrogens with two attached hydrogens (primary N) is 2. The monoisotopic (exact) mass is 573 g/mol. The van der Waals surface area contributed by atoms with Crippen LogP contribution in [0.25, 0.3) is 22.6 Å². The van der Waals surface area contributed by atoms with Gasteiger partial charge in [-0.3, -0.25) is 4.79 Å². The van der Waals surface area contributed by atoms with Crippen molar-refractivity contribution in [2.75, 3.05) is 61.1 Å². The smallest absolute Gasteiger partial charge is 0.410 e. The van der Waals surface area contributed by atoms with Gasteiger partial charge in [-0.15, -0.1) is 0 Å². The Balaban J connectivity index is 1.39. The zero-order valence-electron chi connectivity index (χ0n) is 24.4. The van der Waals surface area contributed by atoms with Crippen molar-refractivity contribution in [2.45, 2.75) is 39.2 Å². The number of para-hydroxylation sites is 1. The van der Waals surface area contributed by atoms with Gasteiger partial charge >= 0.3 is 6.09 Å². The number of rotatable bonds is 5. The lowest BCUT2D eigenvalue weighted by atomic mass is 9.97. The number of ether oxygens (including phenoxy) is 2. The molecule has 1 unspecified atom stereocenters. The standard InChI is InChI=1S/C31H39N7O4/c1-31(2,3)42-30(40)38-12-6-8-21(19-38)29(39)34-22-9-4-7-20(17-22)25-18-26(37-13-15-41-16-14-37)36-28(35-25)23-10-5-11-24(32)27(23)33/h4-5,7,9-11,17-18,21H,6,8,12-16,19,32-33H2,1-3H3,(H,34,39). The topological polar surface area (TPSA) is 149 Å². The first-order valence-corrected chi connectivity index (χ1v) is 14.3. The van der Waals surface area contributed by atoms with E-state index in [0.29, 0.717) is 80.0 Å². The SMILES string of the molecule is CC(C)(C)OC(=O)N1CCCC(C(=O)Nc2cccc(-c3cc(N4CCOCC4)nc(-c4cccc(N)c4N)n3)c2)C1. The Bertz CT molecular complexity index is 1450. The van der Waals surface area contributed by atoms with Gasteiger partial charge in [-0.2, -0.15) is 0 Å². The summed E-state index contributed by atoms with van der Waals surface area (Å²) in [5, 5.41) is 3.05. The molecular formula is C31H39N7O4. The van der Waals surface area contributed by atoms with Gasteiger partial charge in [-0.05, 0) is 57.9 Å². The van der Waals surface area contributed by atoms with Crippen LogP contribution in [0.3, 0.4) is 0 Å². The molecule has 2 aliphatic rings. The maximum Gasteiger partial charge on any atom is 0.410 e. The van der Waals surface area contributed by atoms with Crippen LogP contribution >= 0.6 is 0 Å². The summed E-state index contributed by atoms with van der Waals surface area (Å²) in [6.07, 6.45) is 1.04. The number of carbonyl (C=O) groups is 2. The van der Waals surface area contributed by atoms with Crippen molar-refractivity contribution in [3.63, 3.8) is 0 Å². The number of amides is 2. The quantitative estimate of drug-likeness (QED) is 0.378. The molecule has 2 amide bonds. The highest BCUT2D eigenvalue weighted by Gasteiger charge is 2.31. The van der Waals surface area contributed by atoms with E-state index >= 15 is 0 Å². The van der Waals surface area contributed by atoms with E-state index in [1.807, 2.05) is 63.2 Å². The predicted molar refractivity (Wildman–Crippen MR) is 164 cm³/mol. The number of hydrogen-bond acceptors (Lipinski definition) is 9. The lowest BCUT2D eigenvalue weighted by Crippen LogP contribution is -2.45. The van der Waals surface area contributed by atoms with Gasteiger partial charge in [0.05, 0.1) is 36.2 Å². The Morgan fingerprint density at radius 3 is 2.55 bits per heavy atom. The molecule has 0 spiro atoms. The summed E-state index contributed by atoms with van der Waals surface area (Å²) in [7, 11) is 0. The normalized spacial score (nSPS) is 17.5. The van der Waals surface area contributed by atoms with Crippen molar-refractivity contribution in [1.82, 2.24) is 14.9 Å². The van der Waals surface area contributed by atoms with Crippen LogP contribution in [0.2, 0.25) is 0 Å². The number of piperidine rings is 1. The number of likely N-dealkylation sites (tertiary alicyclic amines) is 1. The van der Waals surface area contributed by atoms with Gasteiger partial charge in [0, 0.05) is 49.1 Å². The first kappa shape index (κ1) is 29.1. The minimum Gasteiger partial charge on any atom is -0.444 e. The largest absolute Gasteiger partial charge is 0.444 e. The molecule has 1 aromatic heterocycles. The summed E-state index contributed by atoms with van der Waals surface area (Å²) in [6.45, 7) is 9.04. The maximum atomic E-state index is 13.3. The van der Waals surface area contributed by atoms with Crippen LogP contribution in [-0.2, 0) is 14.3 Å². The lowest BCUT2D eigenvalue weighted by Gasteiger charge is -2.33. The first-order chi connectivity index (χ1) is 20.1. The maximum absolute atomic E-state index is 13.3. The van der Waals surface area contributed by atoms with Gasteiger partial charge in [0.25, 0.3) is 0 Å². The highest BCUT2D eigenvalue weighted by Crippen LogP contribution is 2.32. The fourth-order valence-electron chi connectivity index (χ4n) is 5.12. The summed E-state index contributed by atoms with van der Waals surface area (Å²) < 4.78 is 11.1. The Labute approximate surface area is 246 Å². The number of anilines is 4. The minimum atomic E-state index is -0.589. The second kappa shape index (κ2) is 12.2. The Morgan fingerprint density at radius 2 is 1.79 bits per heavy atom. The van der Waals surface area contributed by atoms with E-state index in [1.54, 1.807) is 11.0 Å². The summed E-state index contributed by atoms with van der Waals surface area (Å²) in [6, 6.07) is 14.9. The van der Waals surface area contributed by atoms with Crippen molar-refractivity contribution >= 4 is 34.9 Å². The third-order valence-corrected chi connectivity index (χ3v) is 7.30. The molecule has 2 aliphatic heterocycles. The molecule has 0 aliphatic carbocycles. The number of aromatic nitrogens is 2. The molecule has 5 rings (SSSR count). The molecule has 0 bridgehead atoms. The fourth-order valence-corrected chi connectivity index (χ4v) is 5.12. The number of nitrogens with one attached hydrogen (secondary N) is 1. The van der Waals surface area contributed by atoms with Crippen LogP contribution in [0, 0.1) is 5.92 Å². The van der Waals surface area contributed by atoms with Crippen LogP contribution in [0.4, 0.5) is 27.7 Å². The molecule has 1 atom stereocenters. The number of hydrogen-bond donors (Lipinski definition) is 3. The van der Waals surface area contributed by atoms with Gasteiger partial charge in [0.15, 0.2) is 5.82 Å². The molecule has 11 nitrogen and oxygen atoms in total. The zero-order chi connectivity index (χ0) is 29.9. The van der Waals surface area contributed by atoms with Crippen molar-refractivity contribution in [3.8, 4) is 22.6 Å². The predicted octanol–water partition coefficient (Wildman–Crippen LogP) is 4.40. The molecule has 5 N–H and O–H groups in total. The van der Waals surface area contributed by atoms with E-state index < -0.39 is 11.7 Å². The van der Waals surface area contributed by atoms with Crippen LogP contribution in [0.1, 0.15) is 33.6 Å². The van der Waals surface area contributed by atoms with Crippen molar-refractivity contribution in [3.05, 3.63) is 48.5 Å². The van der Waals surface area contributed by atoms with Gasteiger partial charge in [0.1, 0.15) is 11.4 Å². The van der Waals surface area contributed by atoms with E-state index in [2.05, 4.69) is 10.2 Å². The van der Waals surface area contributed by atoms with Crippen LogP contribution in [-0.4, -0.2) is 71.9 Å². The highest BCUT2D eigenvalue weighted by atomic mass is 16.6. The molecule has 2 fully saturated rings. The number of morpholine rings is 1. The summed E-state index contributed by atoms with van der Waals surface area (Å²) >= 11 is 0. The number of nitrogen functional groups attached to an aromatic ring is 2. The summed E-state index contributed by atoms with van der Waals surface area (Å²) in [5.41, 5.74) is 15.5. The molecule has 3 aromatic rings. The minimum absolute atomic E-state index is 0.134. The van der Waals surface area contributed by atoms with Crippen molar-refractivity contribution < 1.29 is 19.1 Å². The third kappa shape index (κ3) is 6.91. The molecule has 2 aromatic carbocycles. The highest BCUT2D eigenvalue weighted by molar-refractivity contribution is 5.93. The van der Waals surface area contributed by atoms with Gasteiger partial charge in [0.2, 0.25) is 5.91 Å². The average molecular weight is 574 g/mol. The van der Waals surface area contributed by atoms with E-state index in [-0.39, 0.29) is 11.8 Å². The van der Waals surface area contributed by atoms with Gasteiger partial charge < -0.3 is 36.1 Å². The van der Waals surface area contributed by atoms with E-state index in [4.69, 9.17) is 30.9 Å². The molecule has 42 heavy (non-hydrogen) atoms. The van der Waals surface area contributed by atoms with Gasteiger partial charge in [-0.1, -0.05) is 18.2 Å². The number of nitrogens with zero attached hydrogens (tertiary/aromatic N) is 4. The van der Waals surface area contributed by atoms with E-state index in [1.165, 1.54) is 0 Å². The zero-order valence-corrected chi connectivity index (χ0v) is 24.4. The Hall–Kier alpha value is -4.38. The fraction of sp³-hybridized carbons (Fsp3) is 0.419. The first-order valence-electron chi connectivity index (χ1n) is 14.3. The average Bonchev–Trinajstić information content (AvgIpc) is 2.98. The molecule has 222 valence electrons. The molecule has 0 radical (unpaired) electrons. The van der Waals surface area contributed by atoms with E-state index in [9.17, 15) is 9.59 Å². The lowest BCUT2D eigenvalue weighted by molar-refractivity contribution is -0.121. The third-order valence-electron chi connectivity index (χ3n) is 7.30. The van der Waals surface area contributed by atoms with Crippen LogP contribution in [0.5, 0.6) is 0 Å². The second-order valence-corrected chi connectivity index (χ2v) is 11.7. The summed E-state index contributed by atoms with van der Waals surface area (Å²) in [5.74, 6) is 0.766. The Morgan fingerprint density at radius 1 is 1.02 bits per heavy atom.